The maximum Gasteiger partial charge on any atom is 0.219 e. The number of rotatable bonds is 2. The van der Waals surface area contributed by atoms with Crippen LogP contribution in [0.4, 0.5) is 15.9 Å². The Balaban J connectivity index is 1.80. The molecular weight excluding hydrogens is 285 g/mol. The maximum atomic E-state index is 13.8. The summed E-state index contributed by atoms with van der Waals surface area (Å²) < 4.78 is 13.8. The van der Waals surface area contributed by atoms with Crippen molar-refractivity contribution in [3.8, 4) is 5.88 Å². The second-order valence-electron chi connectivity index (χ2n) is 4.79. The number of pyridine rings is 2. The molecule has 0 spiro atoms. The lowest BCUT2D eigenvalue weighted by Gasteiger charge is -2.06. The first-order valence-electron chi connectivity index (χ1n) is 6.56. The van der Waals surface area contributed by atoms with Gasteiger partial charge >= 0.3 is 0 Å². The summed E-state index contributed by atoms with van der Waals surface area (Å²) in [7, 11) is 0. The van der Waals surface area contributed by atoms with Crippen LogP contribution in [0.1, 0.15) is 0 Å². The minimum Gasteiger partial charge on any atom is -0.493 e. The average Bonchev–Trinajstić information content (AvgIpc) is 2.94. The summed E-state index contributed by atoms with van der Waals surface area (Å²) in [4.78, 5) is 7.84. The van der Waals surface area contributed by atoms with E-state index in [0.717, 1.165) is 11.7 Å². The van der Waals surface area contributed by atoms with Crippen LogP contribution in [0, 0.1) is 5.82 Å². The SMILES string of the molecule is Oc1ncc(F)c2cc(Nc3n[nH]c4cccnc34)ccc12. The molecule has 0 saturated carbocycles. The molecule has 0 fully saturated rings. The van der Waals surface area contributed by atoms with E-state index in [-0.39, 0.29) is 11.3 Å². The highest BCUT2D eigenvalue weighted by atomic mass is 19.1. The maximum absolute atomic E-state index is 13.8. The highest BCUT2D eigenvalue weighted by Crippen LogP contribution is 2.29. The second kappa shape index (κ2) is 4.66. The fraction of sp³-hybridized carbons (Fsp3) is 0. The van der Waals surface area contributed by atoms with E-state index in [1.165, 1.54) is 0 Å². The van der Waals surface area contributed by atoms with E-state index >= 15 is 0 Å². The third-order valence-corrected chi connectivity index (χ3v) is 3.40. The number of aromatic amines is 1. The Morgan fingerprint density at radius 3 is 2.95 bits per heavy atom. The number of H-pyrrole nitrogens is 1. The summed E-state index contributed by atoms with van der Waals surface area (Å²) in [5, 5.41) is 20.4. The number of halogens is 1. The zero-order valence-corrected chi connectivity index (χ0v) is 11.2. The van der Waals surface area contributed by atoms with Crippen LogP contribution < -0.4 is 5.32 Å². The molecule has 0 saturated heterocycles. The predicted octanol–water partition coefficient (Wildman–Crippen LogP) is 3.09. The number of hydrogen-bond donors (Lipinski definition) is 3. The van der Waals surface area contributed by atoms with Crippen molar-refractivity contribution in [2.75, 3.05) is 5.32 Å². The lowest BCUT2D eigenvalue weighted by atomic mass is 10.1. The van der Waals surface area contributed by atoms with Gasteiger partial charge < -0.3 is 10.4 Å². The van der Waals surface area contributed by atoms with E-state index in [0.29, 0.717) is 22.4 Å². The van der Waals surface area contributed by atoms with Crippen LogP contribution in [0.25, 0.3) is 21.8 Å². The van der Waals surface area contributed by atoms with Crippen LogP contribution in [0.2, 0.25) is 0 Å². The van der Waals surface area contributed by atoms with Crippen LogP contribution in [0.3, 0.4) is 0 Å². The lowest BCUT2D eigenvalue weighted by Crippen LogP contribution is -1.93. The van der Waals surface area contributed by atoms with Crippen molar-refractivity contribution in [2.45, 2.75) is 0 Å². The molecule has 0 radical (unpaired) electrons. The third-order valence-electron chi connectivity index (χ3n) is 3.40. The van der Waals surface area contributed by atoms with Crippen LogP contribution in [0.15, 0.2) is 42.7 Å². The predicted molar refractivity (Wildman–Crippen MR) is 80.5 cm³/mol. The average molecular weight is 295 g/mol. The minimum absolute atomic E-state index is 0.199. The van der Waals surface area contributed by atoms with Crippen LogP contribution >= 0.6 is 0 Å². The van der Waals surface area contributed by atoms with Gasteiger partial charge in [0.1, 0.15) is 11.3 Å². The van der Waals surface area contributed by atoms with E-state index < -0.39 is 5.82 Å². The van der Waals surface area contributed by atoms with Crippen LogP contribution in [-0.2, 0) is 0 Å². The highest BCUT2D eigenvalue weighted by Gasteiger charge is 2.10. The van der Waals surface area contributed by atoms with Gasteiger partial charge in [-0.2, -0.15) is 5.10 Å². The number of hydrogen-bond acceptors (Lipinski definition) is 5. The van der Waals surface area contributed by atoms with Gasteiger partial charge in [-0.3, -0.25) is 10.1 Å². The number of benzene rings is 1. The minimum atomic E-state index is -0.499. The fourth-order valence-corrected chi connectivity index (χ4v) is 2.35. The molecule has 1 aromatic carbocycles. The Morgan fingerprint density at radius 2 is 2.05 bits per heavy atom. The van der Waals surface area contributed by atoms with E-state index in [9.17, 15) is 9.50 Å². The largest absolute Gasteiger partial charge is 0.493 e. The monoisotopic (exact) mass is 295 g/mol. The molecule has 4 aromatic rings. The van der Waals surface area contributed by atoms with E-state index in [1.54, 1.807) is 24.4 Å². The zero-order chi connectivity index (χ0) is 15.1. The standard InChI is InChI=1S/C15H10FN5O/c16-11-7-18-15(22)9-4-3-8(6-10(9)11)19-14-13-12(20-21-14)2-1-5-17-13/h1-7H,(H,18,22)(H2,19,20,21). The van der Waals surface area contributed by atoms with Crippen molar-refractivity contribution in [2.24, 2.45) is 0 Å². The number of nitrogens with one attached hydrogen (secondary N) is 2. The van der Waals surface area contributed by atoms with Crippen LogP contribution in [0.5, 0.6) is 5.88 Å². The first kappa shape index (κ1) is 12.5. The topological polar surface area (TPSA) is 86.7 Å². The molecule has 7 heteroatoms. The van der Waals surface area contributed by atoms with E-state index in [1.807, 2.05) is 12.1 Å². The summed E-state index contributed by atoms with van der Waals surface area (Å²) in [6, 6.07) is 8.59. The Morgan fingerprint density at radius 1 is 1.14 bits per heavy atom. The molecule has 0 aliphatic carbocycles. The van der Waals surface area contributed by atoms with Crippen molar-refractivity contribution in [3.63, 3.8) is 0 Å². The van der Waals surface area contributed by atoms with E-state index in [4.69, 9.17) is 0 Å². The molecular formula is C15H10FN5O. The molecule has 22 heavy (non-hydrogen) atoms. The molecule has 0 aliphatic heterocycles. The molecule has 0 aliphatic rings. The van der Waals surface area contributed by atoms with Gasteiger partial charge in [0.15, 0.2) is 5.82 Å². The van der Waals surface area contributed by atoms with Crippen LogP contribution in [-0.4, -0.2) is 25.3 Å². The van der Waals surface area contributed by atoms with Crippen molar-refractivity contribution in [1.82, 2.24) is 20.2 Å². The van der Waals surface area contributed by atoms with Gasteiger partial charge in [-0.25, -0.2) is 9.37 Å². The molecule has 0 atom stereocenters. The molecule has 4 rings (SSSR count). The molecule has 0 unspecified atom stereocenters. The zero-order valence-electron chi connectivity index (χ0n) is 11.2. The number of fused-ring (bicyclic) bond motifs is 2. The first-order chi connectivity index (χ1) is 10.7. The molecule has 108 valence electrons. The van der Waals surface area contributed by atoms with Gasteiger partial charge in [0.25, 0.3) is 0 Å². The number of anilines is 2. The van der Waals surface area contributed by atoms with Gasteiger partial charge in [0.2, 0.25) is 5.88 Å². The summed E-state index contributed by atoms with van der Waals surface area (Å²) in [5.74, 6) is -0.148. The molecule has 3 aromatic heterocycles. The Kier molecular flexibility index (Phi) is 2.65. The van der Waals surface area contributed by atoms with Gasteiger partial charge in [0, 0.05) is 22.7 Å². The summed E-state index contributed by atoms with van der Waals surface area (Å²) in [6.45, 7) is 0. The quantitative estimate of drug-likeness (QED) is 0.529. The number of aromatic nitrogens is 4. The Bertz CT molecular complexity index is 998. The van der Waals surface area contributed by atoms with Gasteiger partial charge in [-0.05, 0) is 30.3 Å². The molecule has 3 heterocycles. The number of aromatic hydroxyl groups is 1. The smallest absolute Gasteiger partial charge is 0.219 e. The summed E-state index contributed by atoms with van der Waals surface area (Å²) in [5.41, 5.74) is 2.13. The van der Waals surface area contributed by atoms with Gasteiger partial charge in [-0.15, -0.1) is 0 Å². The highest BCUT2D eigenvalue weighted by molar-refractivity contribution is 5.92. The lowest BCUT2D eigenvalue weighted by molar-refractivity contribution is 0.457. The normalized spacial score (nSPS) is 11.1. The van der Waals surface area contributed by atoms with Crippen molar-refractivity contribution in [3.05, 3.63) is 48.5 Å². The molecule has 6 nitrogen and oxygen atoms in total. The van der Waals surface area contributed by atoms with Gasteiger partial charge in [-0.1, -0.05) is 0 Å². The molecule has 0 bridgehead atoms. The molecule has 0 amide bonds. The van der Waals surface area contributed by atoms with Crippen molar-refractivity contribution < 1.29 is 9.50 Å². The Hall–Kier alpha value is -3.22. The first-order valence-corrected chi connectivity index (χ1v) is 6.56. The molecule has 3 N–H and O–H groups in total. The second-order valence-corrected chi connectivity index (χ2v) is 4.79. The third kappa shape index (κ3) is 1.91. The van der Waals surface area contributed by atoms with Crippen molar-refractivity contribution >= 4 is 33.3 Å². The fourth-order valence-electron chi connectivity index (χ4n) is 2.35. The Labute approximate surface area is 123 Å². The van der Waals surface area contributed by atoms with Crippen molar-refractivity contribution in [1.29, 1.82) is 0 Å². The van der Waals surface area contributed by atoms with E-state index in [2.05, 4.69) is 25.5 Å². The number of nitrogens with zero attached hydrogens (tertiary/aromatic N) is 3. The summed E-state index contributed by atoms with van der Waals surface area (Å²) >= 11 is 0. The summed E-state index contributed by atoms with van der Waals surface area (Å²) in [6.07, 6.45) is 2.67. The van der Waals surface area contributed by atoms with Gasteiger partial charge in [0.05, 0.1) is 11.7 Å².